The van der Waals surface area contributed by atoms with Crippen LogP contribution in [0.1, 0.15) is 36.5 Å². The summed E-state index contributed by atoms with van der Waals surface area (Å²) in [6.45, 7) is 2.74. The number of nitrogens with two attached hydrogens (primary N) is 1. The second kappa shape index (κ2) is 8.32. The highest BCUT2D eigenvalue weighted by Crippen LogP contribution is 2.13. The minimum atomic E-state index is -0.390. The minimum Gasteiger partial charge on any atom is -0.465 e. The van der Waals surface area contributed by atoms with Gasteiger partial charge in [-0.15, -0.1) is 0 Å². The summed E-state index contributed by atoms with van der Waals surface area (Å²) in [4.78, 5) is 23.0. The largest absolute Gasteiger partial charge is 0.465 e. The number of anilines is 1. The van der Waals surface area contributed by atoms with Crippen molar-refractivity contribution in [3.8, 4) is 0 Å². The molecule has 0 saturated carbocycles. The Kier molecular flexibility index (Phi) is 6.73. The fourth-order valence-electron chi connectivity index (χ4n) is 1.84. The SMILES string of the molecule is COC(=O)c1ccc(NC(=O)CCC(C)CCN)cc1. The van der Waals surface area contributed by atoms with Crippen LogP contribution in [0.2, 0.25) is 0 Å². The van der Waals surface area contributed by atoms with Gasteiger partial charge in [-0.1, -0.05) is 6.92 Å². The lowest BCUT2D eigenvalue weighted by Gasteiger charge is -2.10. The minimum absolute atomic E-state index is 0.0281. The molecule has 0 heterocycles. The molecule has 110 valence electrons. The van der Waals surface area contributed by atoms with Gasteiger partial charge in [0.25, 0.3) is 0 Å². The Morgan fingerprint density at radius 3 is 2.45 bits per heavy atom. The van der Waals surface area contributed by atoms with Gasteiger partial charge in [-0.3, -0.25) is 4.79 Å². The van der Waals surface area contributed by atoms with Crippen LogP contribution in [-0.4, -0.2) is 25.5 Å². The maximum Gasteiger partial charge on any atom is 0.337 e. The van der Waals surface area contributed by atoms with Crippen LogP contribution in [-0.2, 0) is 9.53 Å². The fourth-order valence-corrected chi connectivity index (χ4v) is 1.84. The molecule has 3 N–H and O–H groups in total. The van der Waals surface area contributed by atoms with Crippen LogP contribution in [0.5, 0.6) is 0 Å². The molecule has 0 aromatic heterocycles. The number of ether oxygens (including phenoxy) is 1. The summed E-state index contributed by atoms with van der Waals surface area (Å²) < 4.78 is 4.61. The van der Waals surface area contributed by atoms with E-state index in [1.54, 1.807) is 24.3 Å². The third-order valence-corrected chi connectivity index (χ3v) is 3.11. The van der Waals surface area contributed by atoms with Crippen molar-refractivity contribution in [1.82, 2.24) is 0 Å². The first kappa shape index (κ1) is 16.2. The predicted octanol–water partition coefficient (Wildman–Crippen LogP) is 2.18. The summed E-state index contributed by atoms with van der Waals surface area (Å²) >= 11 is 0. The molecule has 1 atom stereocenters. The molecule has 1 unspecified atom stereocenters. The van der Waals surface area contributed by atoms with Gasteiger partial charge in [0, 0.05) is 12.1 Å². The Hall–Kier alpha value is -1.88. The topological polar surface area (TPSA) is 81.4 Å². The number of methoxy groups -OCH3 is 1. The Balaban J connectivity index is 2.44. The molecule has 0 bridgehead atoms. The number of benzene rings is 1. The molecule has 1 aromatic carbocycles. The van der Waals surface area contributed by atoms with Gasteiger partial charge in [0.1, 0.15) is 0 Å². The van der Waals surface area contributed by atoms with E-state index in [-0.39, 0.29) is 5.91 Å². The van der Waals surface area contributed by atoms with Gasteiger partial charge in [-0.2, -0.15) is 0 Å². The Morgan fingerprint density at radius 1 is 1.25 bits per heavy atom. The molecule has 5 nitrogen and oxygen atoms in total. The summed E-state index contributed by atoms with van der Waals surface area (Å²) in [5.74, 6) is 0.0330. The first-order valence-corrected chi connectivity index (χ1v) is 6.75. The van der Waals surface area contributed by atoms with Gasteiger partial charge in [-0.05, 0) is 49.6 Å². The molecule has 0 aliphatic heterocycles. The monoisotopic (exact) mass is 278 g/mol. The van der Waals surface area contributed by atoms with E-state index in [0.29, 0.717) is 30.1 Å². The molecule has 0 saturated heterocycles. The van der Waals surface area contributed by atoms with Gasteiger partial charge in [-0.25, -0.2) is 4.79 Å². The van der Waals surface area contributed by atoms with Crippen molar-refractivity contribution in [2.75, 3.05) is 19.0 Å². The number of esters is 1. The second-order valence-electron chi connectivity index (χ2n) is 4.84. The first-order valence-electron chi connectivity index (χ1n) is 6.75. The number of nitrogens with one attached hydrogen (secondary N) is 1. The number of rotatable bonds is 7. The Morgan fingerprint density at radius 2 is 1.90 bits per heavy atom. The number of carbonyl (C=O) groups excluding carboxylic acids is 2. The quantitative estimate of drug-likeness (QED) is 0.749. The van der Waals surface area contributed by atoms with Crippen molar-refractivity contribution in [1.29, 1.82) is 0 Å². The lowest BCUT2D eigenvalue weighted by Crippen LogP contribution is -2.14. The molecule has 1 rings (SSSR count). The molecular weight excluding hydrogens is 256 g/mol. The molecule has 0 aliphatic carbocycles. The highest BCUT2D eigenvalue weighted by molar-refractivity contribution is 5.92. The predicted molar refractivity (Wildman–Crippen MR) is 78.5 cm³/mol. The summed E-state index contributed by atoms with van der Waals surface area (Å²) in [6, 6.07) is 6.62. The molecule has 0 spiro atoms. The van der Waals surface area contributed by atoms with Crippen molar-refractivity contribution in [2.45, 2.75) is 26.2 Å². The van der Waals surface area contributed by atoms with Crippen molar-refractivity contribution in [2.24, 2.45) is 11.7 Å². The summed E-state index contributed by atoms with van der Waals surface area (Å²) in [5, 5.41) is 2.80. The molecule has 1 aromatic rings. The zero-order valence-electron chi connectivity index (χ0n) is 12.0. The van der Waals surface area contributed by atoms with Crippen LogP contribution < -0.4 is 11.1 Å². The van der Waals surface area contributed by atoms with E-state index < -0.39 is 5.97 Å². The van der Waals surface area contributed by atoms with Crippen LogP contribution >= 0.6 is 0 Å². The standard InChI is InChI=1S/C15H22N2O3/c1-11(9-10-16)3-8-14(18)17-13-6-4-12(5-7-13)15(19)20-2/h4-7,11H,3,8-10,16H2,1-2H3,(H,17,18). The zero-order valence-corrected chi connectivity index (χ0v) is 12.0. The Bertz CT molecular complexity index is 443. The van der Waals surface area contributed by atoms with Gasteiger partial charge < -0.3 is 15.8 Å². The third kappa shape index (κ3) is 5.40. The molecule has 0 aliphatic rings. The molecule has 20 heavy (non-hydrogen) atoms. The number of amides is 1. The smallest absolute Gasteiger partial charge is 0.337 e. The molecular formula is C15H22N2O3. The maximum atomic E-state index is 11.8. The van der Waals surface area contributed by atoms with Crippen molar-refractivity contribution in [3.63, 3.8) is 0 Å². The van der Waals surface area contributed by atoms with Gasteiger partial charge in [0.05, 0.1) is 12.7 Å². The van der Waals surface area contributed by atoms with Crippen LogP contribution in [0, 0.1) is 5.92 Å². The average Bonchev–Trinajstić information content (AvgIpc) is 2.45. The van der Waals surface area contributed by atoms with E-state index in [1.807, 2.05) is 0 Å². The van der Waals surface area contributed by atoms with E-state index >= 15 is 0 Å². The zero-order chi connectivity index (χ0) is 15.0. The van der Waals surface area contributed by atoms with Crippen LogP contribution in [0.15, 0.2) is 24.3 Å². The average molecular weight is 278 g/mol. The number of hydrogen-bond donors (Lipinski definition) is 2. The van der Waals surface area contributed by atoms with Crippen LogP contribution in [0.4, 0.5) is 5.69 Å². The lowest BCUT2D eigenvalue weighted by atomic mass is 10.0. The molecule has 1 amide bonds. The Labute approximate surface area is 119 Å². The van der Waals surface area contributed by atoms with Gasteiger partial charge in [0.15, 0.2) is 0 Å². The normalized spacial score (nSPS) is 11.8. The molecule has 0 fully saturated rings. The lowest BCUT2D eigenvalue weighted by molar-refractivity contribution is -0.116. The molecule has 5 heteroatoms. The highest BCUT2D eigenvalue weighted by atomic mass is 16.5. The van der Waals surface area contributed by atoms with Gasteiger partial charge in [0.2, 0.25) is 5.91 Å². The maximum absolute atomic E-state index is 11.8. The van der Waals surface area contributed by atoms with E-state index in [0.717, 1.165) is 12.8 Å². The first-order chi connectivity index (χ1) is 9.56. The van der Waals surface area contributed by atoms with Crippen LogP contribution in [0.3, 0.4) is 0 Å². The number of carbonyl (C=O) groups is 2. The summed E-state index contributed by atoms with van der Waals surface area (Å²) in [6.07, 6.45) is 2.23. The van der Waals surface area contributed by atoms with Crippen molar-refractivity contribution >= 4 is 17.6 Å². The number of hydrogen-bond acceptors (Lipinski definition) is 4. The van der Waals surface area contributed by atoms with E-state index in [1.165, 1.54) is 7.11 Å². The summed E-state index contributed by atoms with van der Waals surface area (Å²) in [5.41, 5.74) is 6.61. The van der Waals surface area contributed by atoms with E-state index in [2.05, 4.69) is 17.0 Å². The second-order valence-corrected chi connectivity index (χ2v) is 4.84. The van der Waals surface area contributed by atoms with Crippen molar-refractivity contribution in [3.05, 3.63) is 29.8 Å². The van der Waals surface area contributed by atoms with E-state index in [4.69, 9.17) is 5.73 Å². The summed E-state index contributed by atoms with van der Waals surface area (Å²) in [7, 11) is 1.33. The van der Waals surface area contributed by atoms with Gasteiger partial charge >= 0.3 is 5.97 Å². The highest BCUT2D eigenvalue weighted by Gasteiger charge is 2.08. The molecule has 0 radical (unpaired) electrons. The van der Waals surface area contributed by atoms with Crippen LogP contribution in [0.25, 0.3) is 0 Å². The third-order valence-electron chi connectivity index (χ3n) is 3.11. The van der Waals surface area contributed by atoms with Crippen molar-refractivity contribution < 1.29 is 14.3 Å². The fraction of sp³-hybridized carbons (Fsp3) is 0.467. The van der Waals surface area contributed by atoms with E-state index in [9.17, 15) is 9.59 Å².